The zero-order chi connectivity index (χ0) is 14.1. The largest absolute Gasteiger partial charge is 0.458 e. The summed E-state index contributed by atoms with van der Waals surface area (Å²) in [6.07, 6.45) is 2.85. The van der Waals surface area contributed by atoms with E-state index in [2.05, 4.69) is 16.7 Å². The number of hydrogen-bond acceptors (Lipinski definition) is 4. The van der Waals surface area contributed by atoms with Crippen LogP contribution in [0.5, 0.6) is 0 Å². The summed E-state index contributed by atoms with van der Waals surface area (Å²) in [5.41, 5.74) is 0.901. The number of para-hydroxylation sites is 1. The first-order chi connectivity index (χ1) is 9.72. The fourth-order valence-corrected chi connectivity index (χ4v) is 2.04. The van der Waals surface area contributed by atoms with Crippen LogP contribution in [-0.4, -0.2) is 27.2 Å². The van der Waals surface area contributed by atoms with Gasteiger partial charge in [-0.3, -0.25) is 4.79 Å². The summed E-state index contributed by atoms with van der Waals surface area (Å²) in [6.45, 7) is 3.58. The van der Waals surface area contributed by atoms with E-state index in [9.17, 15) is 9.59 Å². The Morgan fingerprint density at radius 3 is 3.05 bits per heavy atom. The molecule has 0 fully saturated rings. The van der Waals surface area contributed by atoms with E-state index in [0.717, 1.165) is 0 Å². The molecule has 1 aromatic carbocycles. The molecule has 0 spiro atoms. The van der Waals surface area contributed by atoms with Gasteiger partial charge in [-0.2, -0.15) is 5.10 Å². The van der Waals surface area contributed by atoms with Gasteiger partial charge in [0.1, 0.15) is 12.2 Å². The number of benzene rings is 1. The quantitative estimate of drug-likeness (QED) is 0.577. The summed E-state index contributed by atoms with van der Waals surface area (Å²) < 4.78 is 6.48. The predicted octanol–water partition coefficient (Wildman–Crippen LogP) is 1.52. The van der Waals surface area contributed by atoms with Gasteiger partial charge in [0.15, 0.2) is 5.65 Å². The van der Waals surface area contributed by atoms with Crippen molar-refractivity contribution < 1.29 is 9.53 Å². The van der Waals surface area contributed by atoms with E-state index >= 15 is 0 Å². The summed E-state index contributed by atoms with van der Waals surface area (Å²) in [4.78, 5) is 26.6. The first kappa shape index (κ1) is 12.2. The number of H-pyrrole nitrogens is 1. The van der Waals surface area contributed by atoms with E-state index in [-0.39, 0.29) is 17.7 Å². The highest BCUT2D eigenvalue weighted by molar-refractivity contribution is 5.97. The van der Waals surface area contributed by atoms with Gasteiger partial charge in [-0.1, -0.05) is 24.8 Å². The fourth-order valence-electron chi connectivity index (χ4n) is 2.04. The minimum atomic E-state index is -0.550. The monoisotopic (exact) mass is 269 g/mol. The first-order valence-electron chi connectivity index (χ1n) is 5.99. The van der Waals surface area contributed by atoms with Crippen LogP contribution in [0.25, 0.3) is 16.6 Å². The molecular formula is C14H11N3O3. The van der Waals surface area contributed by atoms with Crippen LogP contribution in [0.4, 0.5) is 0 Å². The molecule has 0 aliphatic carbocycles. The lowest BCUT2D eigenvalue weighted by Crippen LogP contribution is -2.12. The van der Waals surface area contributed by atoms with Crippen LogP contribution >= 0.6 is 0 Å². The molecule has 0 atom stereocenters. The second-order valence-corrected chi connectivity index (χ2v) is 4.18. The summed E-state index contributed by atoms with van der Waals surface area (Å²) in [7, 11) is 0. The van der Waals surface area contributed by atoms with Crippen LogP contribution in [0.2, 0.25) is 0 Å². The van der Waals surface area contributed by atoms with Crippen LogP contribution in [0, 0.1) is 0 Å². The van der Waals surface area contributed by atoms with Gasteiger partial charge in [0.2, 0.25) is 0 Å². The van der Waals surface area contributed by atoms with Crippen molar-refractivity contribution in [1.82, 2.24) is 14.6 Å². The molecule has 1 N–H and O–H groups in total. The van der Waals surface area contributed by atoms with Crippen LogP contribution in [0.3, 0.4) is 0 Å². The molecule has 0 radical (unpaired) electrons. The van der Waals surface area contributed by atoms with Crippen LogP contribution in [0.1, 0.15) is 10.4 Å². The standard InChI is InChI=1S/C14H11N3O3/c1-2-7-20-14(19)10-8-15-17-11-6-4-3-5-9(11)13(18)16-12(10)17/h2-6,8H,1,7H2,(H,16,18). The zero-order valence-corrected chi connectivity index (χ0v) is 10.5. The molecule has 2 aromatic heterocycles. The van der Waals surface area contributed by atoms with Crippen LogP contribution < -0.4 is 5.56 Å². The molecule has 0 saturated heterocycles. The topological polar surface area (TPSA) is 76.5 Å². The molecule has 0 bridgehead atoms. The van der Waals surface area contributed by atoms with Crippen molar-refractivity contribution in [2.24, 2.45) is 0 Å². The van der Waals surface area contributed by atoms with Crippen molar-refractivity contribution in [3.05, 3.63) is 59.0 Å². The average molecular weight is 269 g/mol. The van der Waals surface area contributed by atoms with E-state index in [1.165, 1.54) is 16.8 Å². The van der Waals surface area contributed by atoms with E-state index < -0.39 is 5.97 Å². The Morgan fingerprint density at radius 2 is 2.25 bits per heavy atom. The minimum absolute atomic E-state index is 0.105. The Kier molecular flexibility index (Phi) is 2.83. The number of fused-ring (bicyclic) bond motifs is 3. The SMILES string of the molecule is C=CCOC(=O)c1cnn2c1[nH]c(=O)c1ccccc12. The Bertz CT molecular complexity index is 876. The summed E-state index contributed by atoms with van der Waals surface area (Å²) in [6, 6.07) is 7.04. The number of rotatable bonds is 3. The number of nitrogens with one attached hydrogen (secondary N) is 1. The van der Waals surface area contributed by atoms with Gasteiger partial charge in [0.05, 0.1) is 17.1 Å². The molecule has 100 valence electrons. The van der Waals surface area contributed by atoms with Gasteiger partial charge >= 0.3 is 5.97 Å². The number of carbonyl (C=O) groups excluding carboxylic acids is 1. The van der Waals surface area contributed by atoms with Crippen molar-refractivity contribution >= 4 is 22.5 Å². The average Bonchev–Trinajstić information content (AvgIpc) is 2.89. The second-order valence-electron chi connectivity index (χ2n) is 4.18. The molecule has 2 heterocycles. The first-order valence-corrected chi connectivity index (χ1v) is 5.99. The molecule has 0 amide bonds. The van der Waals surface area contributed by atoms with Gasteiger partial charge in [0.25, 0.3) is 5.56 Å². The second kappa shape index (κ2) is 4.65. The van der Waals surface area contributed by atoms with Crippen molar-refractivity contribution in [2.75, 3.05) is 6.61 Å². The molecule has 0 aliphatic rings. The van der Waals surface area contributed by atoms with Gasteiger partial charge in [-0.05, 0) is 12.1 Å². The highest BCUT2D eigenvalue weighted by Gasteiger charge is 2.16. The van der Waals surface area contributed by atoms with Crippen molar-refractivity contribution in [2.45, 2.75) is 0 Å². The molecule has 6 heteroatoms. The lowest BCUT2D eigenvalue weighted by atomic mass is 10.2. The number of aromatic amines is 1. The third-order valence-corrected chi connectivity index (χ3v) is 2.93. The number of carbonyl (C=O) groups is 1. The van der Waals surface area contributed by atoms with Crippen molar-refractivity contribution in [1.29, 1.82) is 0 Å². The predicted molar refractivity (Wildman–Crippen MR) is 73.8 cm³/mol. The van der Waals surface area contributed by atoms with Crippen molar-refractivity contribution in [3.8, 4) is 0 Å². The molecule has 3 aromatic rings. The number of aromatic nitrogens is 3. The van der Waals surface area contributed by atoms with Gasteiger partial charge < -0.3 is 9.72 Å². The Labute approximate surface area is 113 Å². The zero-order valence-electron chi connectivity index (χ0n) is 10.5. The number of esters is 1. The maximum Gasteiger partial charge on any atom is 0.343 e. The lowest BCUT2D eigenvalue weighted by Gasteiger charge is -2.02. The molecule has 6 nitrogen and oxygen atoms in total. The Hall–Kier alpha value is -2.89. The molecule has 0 aliphatic heterocycles. The normalized spacial score (nSPS) is 10.8. The summed E-state index contributed by atoms with van der Waals surface area (Å²) in [5.74, 6) is -0.550. The van der Waals surface area contributed by atoms with Gasteiger partial charge in [-0.15, -0.1) is 0 Å². The molecule has 20 heavy (non-hydrogen) atoms. The maximum absolute atomic E-state index is 12.0. The Balaban J connectivity index is 2.25. The fraction of sp³-hybridized carbons (Fsp3) is 0.0714. The van der Waals surface area contributed by atoms with E-state index in [0.29, 0.717) is 16.6 Å². The van der Waals surface area contributed by atoms with E-state index in [4.69, 9.17) is 4.74 Å². The number of nitrogens with zero attached hydrogens (tertiary/aromatic N) is 2. The highest BCUT2D eigenvalue weighted by atomic mass is 16.5. The molecule has 0 saturated carbocycles. The number of hydrogen-bond donors (Lipinski definition) is 1. The smallest absolute Gasteiger partial charge is 0.343 e. The van der Waals surface area contributed by atoms with Gasteiger partial charge in [-0.25, -0.2) is 9.31 Å². The molecular weight excluding hydrogens is 258 g/mol. The van der Waals surface area contributed by atoms with Gasteiger partial charge in [0, 0.05) is 0 Å². The minimum Gasteiger partial charge on any atom is -0.458 e. The summed E-state index contributed by atoms with van der Waals surface area (Å²) >= 11 is 0. The van der Waals surface area contributed by atoms with Crippen LogP contribution in [0.15, 0.2) is 47.9 Å². The van der Waals surface area contributed by atoms with E-state index in [1.807, 2.05) is 0 Å². The van der Waals surface area contributed by atoms with Crippen LogP contribution in [-0.2, 0) is 4.74 Å². The molecule has 0 unspecified atom stereocenters. The third-order valence-electron chi connectivity index (χ3n) is 2.93. The third kappa shape index (κ3) is 1.78. The molecule has 3 rings (SSSR count). The summed E-state index contributed by atoms with van der Waals surface area (Å²) in [5, 5.41) is 4.65. The Morgan fingerprint density at radius 1 is 1.45 bits per heavy atom. The van der Waals surface area contributed by atoms with E-state index in [1.54, 1.807) is 24.3 Å². The van der Waals surface area contributed by atoms with Crippen molar-refractivity contribution in [3.63, 3.8) is 0 Å². The number of ether oxygens (including phenoxy) is 1. The lowest BCUT2D eigenvalue weighted by molar-refractivity contribution is 0.0552. The highest BCUT2D eigenvalue weighted by Crippen LogP contribution is 2.14. The maximum atomic E-state index is 12.0.